The average molecular weight is 243 g/mol. The Morgan fingerprint density at radius 2 is 2.07 bits per heavy atom. The van der Waals surface area contributed by atoms with Gasteiger partial charge in [-0.05, 0) is 36.2 Å². The minimum atomic E-state index is 0. The largest absolute Gasteiger partial charge is 0.383 e. The lowest BCUT2D eigenvalue weighted by molar-refractivity contribution is 1.13. The van der Waals surface area contributed by atoms with E-state index >= 15 is 0 Å². The van der Waals surface area contributed by atoms with Gasteiger partial charge in [0.1, 0.15) is 5.82 Å². The highest BCUT2D eigenvalue weighted by molar-refractivity contribution is 6.31. The van der Waals surface area contributed by atoms with Gasteiger partial charge in [-0.1, -0.05) is 18.5 Å². The zero-order valence-corrected chi connectivity index (χ0v) is 9.90. The first-order valence-corrected chi connectivity index (χ1v) is 4.93. The van der Waals surface area contributed by atoms with Crippen LogP contribution in [0.25, 0.3) is 10.9 Å². The van der Waals surface area contributed by atoms with Crippen molar-refractivity contribution in [2.24, 2.45) is 0 Å². The van der Waals surface area contributed by atoms with Crippen LogP contribution in [0, 0.1) is 0 Å². The van der Waals surface area contributed by atoms with Crippen molar-refractivity contribution in [1.82, 2.24) is 4.98 Å². The van der Waals surface area contributed by atoms with Gasteiger partial charge >= 0.3 is 0 Å². The van der Waals surface area contributed by atoms with Gasteiger partial charge in [-0.15, -0.1) is 12.4 Å². The molecule has 0 saturated heterocycles. The fourth-order valence-corrected chi connectivity index (χ4v) is 1.67. The SMILES string of the molecule is CCc1cc2cc(Cl)ccc2nc1N.Cl. The molecule has 0 saturated carbocycles. The first-order valence-electron chi connectivity index (χ1n) is 4.55. The number of hydrogen-bond donors (Lipinski definition) is 1. The Balaban J connectivity index is 0.00000112. The number of nitrogens with zero attached hydrogens (tertiary/aromatic N) is 1. The molecule has 0 unspecified atom stereocenters. The zero-order valence-electron chi connectivity index (χ0n) is 8.33. The molecule has 1 aromatic heterocycles. The quantitative estimate of drug-likeness (QED) is 0.832. The molecule has 0 spiro atoms. The van der Waals surface area contributed by atoms with E-state index in [1.807, 2.05) is 24.3 Å². The van der Waals surface area contributed by atoms with Crippen LogP contribution in [0.5, 0.6) is 0 Å². The van der Waals surface area contributed by atoms with E-state index in [-0.39, 0.29) is 12.4 Å². The molecule has 0 aliphatic heterocycles. The number of nitrogen functional groups attached to an aromatic ring is 1. The first kappa shape index (κ1) is 12.1. The van der Waals surface area contributed by atoms with Crippen LogP contribution in [0.3, 0.4) is 0 Å². The van der Waals surface area contributed by atoms with Gasteiger partial charge in [-0.3, -0.25) is 0 Å². The number of anilines is 1. The van der Waals surface area contributed by atoms with Gasteiger partial charge in [0.2, 0.25) is 0 Å². The smallest absolute Gasteiger partial charge is 0.127 e. The molecule has 0 aliphatic carbocycles. The molecule has 0 radical (unpaired) electrons. The fourth-order valence-electron chi connectivity index (χ4n) is 1.49. The second kappa shape index (κ2) is 4.69. The summed E-state index contributed by atoms with van der Waals surface area (Å²) in [6, 6.07) is 7.65. The van der Waals surface area contributed by atoms with Crippen molar-refractivity contribution in [1.29, 1.82) is 0 Å². The molecule has 1 aromatic carbocycles. The number of halogens is 2. The third-order valence-electron chi connectivity index (χ3n) is 2.27. The van der Waals surface area contributed by atoms with Crippen molar-refractivity contribution in [3.8, 4) is 0 Å². The van der Waals surface area contributed by atoms with Crippen molar-refractivity contribution in [2.75, 3.05) is 5.73 Å². The van der Waals surface area contributed by atoms with Gasteiger partial charge in [-0.2, -0.15) is 0 Å². The third-order valence-corrected chi connectivity index (χ3v) is 2.51. The highest BCUT2D eigenvalue weighted by atomic mass is 35.5. The lowest BCUT2D eigenvalue weighted by Crippen LogP contribution is -1.96. The van der Waals surface area contributed by atoms with Crippen LogP contribution in [0.4, 0.5) is 5.82 Å². The highest BCUT2D eigenvalue weighted by Gasteiger charge is 2.02. The Kier molecular flexibility index (Phi) is 3.77. The summed E-state index contributed by atoms with van der Waals surface area (Å²) in [5, 5.41) is 1.77. The number of benzene rings is 1. The summed E-state index contributed by atoms with van der Waals surface area (Å²) in [4.78, 5) is 4.31. The van der Waals surface area contributed by atoms with E-state index in [0.717, 1.165) is 27.9 Å². The van der Waals surface area contributed by atoms with E-state index in [0.29, 0.717) is 5.82 Å². The average Bonchev–Trinajstić information content (AvgIpc) is 2.17. The summed E-state index contributed by atoms with van der Waals surface area (Å²) in [6.07, 6.45) is 0.890. The second-order valence-corrected chi connectivity index (χ2v) is 3.66. The van der Waals surface area contributed by atoms with E-state index < -0.39 is 0 Å². The molecule has 15 heavy (non-hydrogen) atoms. The van der Waals surface area contributed by atoms with Gasteiger partial charge in [0.15, 0.2) is 0 Å². The van der Waals surface area contributed by atoms with E-state index in [9.17, 15) is 0 Å². The second-order valence-electron chi connectivity index (χ2n) is 3.22. The van der Waals surface area contributed by atoms with E-state index in [1.165, 1.54) is 0 Å². The van der Waals surface area contributed by atoms with Crippen molar-refractivity contribution < 1.29 is 0 Å². The van der Waals surface area contributed by atoms with Gasteiger partial charge in [0, 0.05) is 10.4 Å². The topological polar surface area (TPSA) is 38.9 Å². The Morgan fingerprint density at radius 1 is 1.33 bits per heavy atom. The summed E-state index contributed by atoms with van der Waals surface area (Å²) in [7, 11) is 0. The Bertz CT molecular complexity index is 483. The maximum atomic E-state index is 5.89. The third kappa shape index (κ3) is 2.33. The molecule has 4 heteroatoms. The van der Waals surface area contributed by atoms with E-state index in [2.05, 4.69) is 11.9 Å². The van der Waals surface area contributed by atoms with Crippen molar-refractivity contribution in [3.63, 3.8) is 0 Å². The molecule has 2 rings (SSSR count). The van der Waals surface area contributed by atoms with Gasteiger partial charge in [-0.25, -0.2) is 4.98 Å². The summed E-state index contributed by atoms with van der Waals surface area (Å²) in [5.74, 6) is 0.613. The van der Waals surface area contributed by atoms with Gasteiger partial charge < -0.3 is 5.73 Å². The molecule has 0 fully saturated rings. The van der Waals surface area contributed by atoms with E-state index in [1.54, 1.807) is 0 Å². The molecule has 0 bridgehead atoms. The molecule has 80 valence electrons. The predicted molar refractivity (Wildman–Crippen MR) is 67.8 cm³/mol. The fraction of sp³-hybridized carbons (Fsp3) is 0.182. The van der Waals surface area contributed by atoms with Crippen LogP contribution in [0.15, 0.2) is 24.3 Å². The van der Waals surface area contributed by atoms with Crippen LogP contribution in [-0.4, -0.2) is 4.98 Å². The number of pyridine rings is 1. The Morgan fingerprint density at radius 3 is 2.73 bits per heavy atom. The van der Waals surface area contributed by atoms with Crippen molar-refractivity contribution >= 4 is 40.7 Å². The standard InChI is InChI=1S/C11H11ClN2.ClH/c1-2-7-5-8-6-9(12)3-4-10(8)14-11(7)13;/h3-6H,2H2,1H3,(H2,13,14);1H. The maximum absolute atomic E-state index is 5.89. The predicted octanol–water partition coefficient (Wildman–Crippen LogP) is 3.45. The number of aryl methyl sites for hydroxylation is 1. The number of aromatic nitrogens is 1. The molecule has 2 aromatic rings. The van der Waals surface area contributed by atoms with Crippen LogP contribution in [0.2, 0.25) is 5.02 Å². The lowest BCUT2D eigenvalue weighted by atomic mass is 10.1. The monoisotopic (exact) mass is 242 g/mol. The molecular formula is C11H12Cl2N2. The molecule has 0 atom stereocenters. The van der Waals surface area contributed by atoms with Crippen molar-refractivity contribution in [2.45, 2.75) is 13.3 Å². The molecule has 0 amide bonds. The molecule has 1 heterocycles. The molecule has 2 nitrogen and oxygen atoms in total. The summed E-state index contributed by atoms with van der Waals surface area (Å²) in [6.45, 7) is 2.06. The number of rotatable bonds is 1. The Labute approximate surface area is 99.9 Å². The van der Waals surface area contributed by atoms with Crippen LogP contribution >= 0.6 is 24.0 Å². The number of fused-ring (bicyclic) bond motifs is 1. The maximum Gasteiger partial charge on any atom is 0.127 e. The lowest BCUT2D eigenvalue weighted by Gasteiger charge is -2.04. The normalized spacial score (nSPS) is 10.0. The Hall–Kier alpha value is -0.990. The van der Waals surface area contributed by atoms with Crippen LogP contribution < -0.4 is 5.73 Å². The molecule has 0 aliphatic rings. The summed E-state index contributed by atoms with van der Waals surface area (Å²) < 4.78 is 0. The zero-order chi connectivity index (χ0) is 10.1. The number of hydrogen-bond acceptors (Lipinski definition) is 2. The number of nitrogens with two attached hydrogens (primary N) is 1. The minimum absolute atomic E-state index is 0. The van der Waals surface area contributed by atoms with Crippen LogP contribution in [0.1, 0.15) is 12.5 Å². The van der Waals surface area contributed by atoms with Crippen molar-refractivity contribution in [3.05, 3.63) is 34.9 Å². The molecular weight excluding hydrogens is 231 g/mol. The summed E-state index contributed by atoms with van der Waals surface area (Å²) >= 11 is 5.89. The first-order chi connectivity index (χ1) is 6.70. The van der Waals surface area contributed by atoms with Gasteiger partial charge in [0.05, 0.1) is 5.52 Å². The summed E-state index contributed by atoms with van der Waals surface area (Å²) in [5.41, 5.74) is 7.75. The van der Waals surface area contributed by atoms with Crippen LogP contribution in [-0.2, 0) is 6.42 Å². The minimum Gasteiger partial charge on any atom is -0.383 e. The molecule has 2 N–H and O–H groups in total. The van der Waals surface area contributed by atoms with E-state index in [4.69, 9.17) is 17.3 Å². The van der Waals surface area contributed by atoms with Gasteiger partial charge in [0.25, 0.3) is 0 Å². The highest BCUT2D eigenvalue weighted by Crippen LogP contribution is 2.21.